The Labute approximate surface area is 90.7 Å². The van der Waals surface area contributed by atoms with Crippen LogP contribution in [0.1, 0.15) is 41.0 Å². The average Bonchev–Trinajstić information content (AvgIpc) is 2.32. The molecule has 0 aliphatic heterocycles. The van der Waals surface area contributed by atoms with Crippen molar-refractivity contribution in [3.05, 3.63) is 22.3 Å². The van der Waals surface area contributed by atoms with Gasteiger partial charge < -0.3 is 0 Å². The van der Waals surface area contributed by atoms with Crippen LogP contribution in [0.15, 0.2) is 22.3 Å². The van der Waals surface area contributed by atoms with Crippen molar-refractivity contribution in [3.63, 3.8) is 0 Å². The van der Waals surface area contributed by atoms with Crippen molar-refractivity contribution in [1.82, 2.24) is 0 Å². The highest BCUT2D eigenvalue weighted by molar-refractivity contribution is 6.60. The van der Waals surface area contributed by atoms with Crippen LogP contribution in [0, 0.1) is 0 Å². The third-order valence-corrected chi connectivity index (χ3v) is 7.62. The molecule has 14 heavy (non-hydrogen) atoms. The number of hydrogen-bond acceptors (Lipinski definition) is 0. The van der Waals surface area contributed by atoms with Gasteiger partial charge in [-0.25, -0.2) is 0 Å². The van der Waals surface area contributed by atoms with Crippen molar-refractivity contribution < 1.29 is 0 Å². The molecule has 0 heterocycles. The Morgan fingerprint density at radius 3 is 1.79 bits per heavy atom. The summed E-state index contributed by atoms with van der Waals surface area (Å²) in [5, 5.41) is 0. The van der Waals surface area contributed by atoms with Crippen molar-refractivity contribution in [2.45, 2.75) is 59.2 Å². The quantitative estimate of drug-likeness (QED) is 0.606. The zero-order chi connectivity index (χ0) is 10.9. The fourth-order valence-corrected chi connectivity index (χ4v) is 6.31. The van der Waals surface area contributed by atoms with E-state index < -0.39 is 8.80 Å². The van der Waals surface area contributed by atoms with Gasteiger partial charge in [-0.2, -0.15) is 0 Å². The molecule has 0 N–H and O–H groups in total. The third-order valence-electron chi connectivity index (χ3n) is 3.99. The molecule has 0 nitrogen and oxygen atoms in total. The first-order valence-corrected chi connectivity index (χ1v) is 8.49. The van der Waals surface area contributed by atoms with Gasteiger partial charge in [-0.05, 0) is 44.4 Å². The molecule has 0 spiro atoms. The van der Waals surface area contributed by atoms with Gasteiger partial charge in [-0.1, -0.05) is 37.1 Å². The summed E-state index contributed by atoms with van der Waals surface area (Å²) in [7, 11) is -0.563. The predicted molar refractivity (Wildman–Crippen MR) is 68.6 cm³/mol. The van der Waals surface area contributed by atoms with Gasteiger partial charge >= 0.3 is 0 Å². The van der Waals surface area contributed by atoms with E-state index in [1.807, 2.05) is 0 Å². The van der Waals surface area contributed by atoms with Gasteiger partial charge in [0.05, 0.1) is 0 Å². The first-order valence-electron chi connectivity index (χ1n) is 5.85. The average molecular weight is 208 g/mol. The second-order valence-corrected chi connectivity index (χ2v) is 8.06. The van der Waals surface area contributed by atoms with E-state index in [-0.39, 0.29) is 0 Å². The normalized spacial score (nSPS) is 21.0. The lowest BCUT2D eigenvalue weighted by atomic mass is 10.1. The van der Waals surface area contributed by atoms with Crippen LogP contribution in [0.2, 0.25) is 18.1 Å². The van der Waals surface area contributed by atoms with E-state index in [0.717, 1.165) is 5.54 Å². The Hall–Kier alpha value is -0.303. The Morgan fingerprint density at radius 2 is 1.43 bits per heavy atom. The maximum atomic E-state index is 2.53. The van der Waals surface area contributed by atoms with Gasteiger partial charge in [0.15, 0.2) is 0 Å². The summed E-state index contributed by atoms with van der Waals surface area (Å²) < 4.78 is 0. The lowest BCUT2D eigenvalue weighted by Crippen LogP contribution is -2.16. The summed E-state index contributed by atoms with van der Waals surface area (Å²) in [4.78, 5) is 0. The molecule has 1 aliphatic rings. The molecular formula is C13H24Si. The van der Waals surface area contributed by atoms with Gasteiger partial charge in [-0.3, -0.25) is 0 Å². The lowest BCUT2D eigenvalue weighted by Gasteiger charge is -2.21. The molecule has 1 aliphatic carbocycles. The van der Waals surface area contributed by atoms with Gasteiger partial charge in [0.1, 0.15) is 0 Å². The highest BCUT2D eigenvalue weighted by atomic mass is 28.3. The fraction of sp³-hybridized carbons (Fsp3) is 0.692. The summed E-state index contributed by atoms with van der Waals surface area (Å²) in [5.41, 5.74) is 7.36. The molecule has 0 bridgehead atoms. The molecule has 0 aromatic rings. The van der Waals surface area contributed by atoms with Crippen LogP contribution in [0.25, 0.3) is 0 Å². The largest absolute Gasteiger partial charge is 0.0712 e. The molecule has 1 atom stereocenters. The number of hydrogen-bond donors (Lipinski definition) is 0. The second kappa shape index (κ2) is 4.48. The molecular weight excluding hydrogens is 184 g/mol. The van der Waals surface area contributed by atoms with Gasteiger partial charge in [0.2, 0.25) is 0 Å². The molecule has 80 valence electrons. The lowest BCUT2D eigenvalue weighted by molar-refractivity contribution is 1.01. The summed E-state index contributed by atoms with van der Waals surface area (Å²) >= 11 is 0. The minimum Gasteiger partial charge on any atom is -0.0712 e. The van der Waals surface area contributed by atoms with E-state index in [2.05, 4.69) is 41.2 Å². The van der Waals surface area contributed by atoms with Crippen molar-refractivity contribution in [2.24, 2.45) is 0 Å². The number of rotatable bonds is 3. The summed E-state index contributed by atoms with van der Waals surface area (Å²) in [6.45, 7) is 14.1. The van der Waals surface area contributed by atoms with E-state index in [1.54, 1.807) is 22.3 Å². The van der Waals surface area contributed by atoms with Crippen LogP contribution in [0.3, 0.4) is 0 Å². The monoisotopic (exact) mass is 208 g/mol. The standard InChI is InChI=1S/C13H24Si/c1-7-8-14(6)13-11(4)9(2)10(3)12(13)5/h13-14H,7-8H2,1-6H3. The summed E-state index contributed by atoms with van der Waals surface area (Å²) in [5.74, 6) is 0. The van der Waals surface area contributed by atoms with Crippen LogP contribution in [0.5, 0.6) is 0 Å². The van der Waals surface area contributed by atoms with E-state index >= 15 is 0 Å². The highest BCUT2D eigenvalue weighted by Gasteiger charge is 2.28. The summed E-state index contributed by atoms with van der Waals surface area (Å²) in [6, 6.07) is 1.49. The first-order chi connectivity index (χ1) is 6.50. The Balaban J connectivity index is 2.91. The van der Waals surface area contributed by atoms with Crippen molar-refractivity contribution in [3.8, 4) is 0 Å². The van der Waals surface area contributed by atoms with Gasteiger partial charge in [0, 0.05) is 8.80 Å². The highest BCUT2D eigenvalue weighted by Crippen LogP contribution is 2.43. The second-order valence-electron chi connectivity index (χ2n) is 4.86. The van der Waals surface area contributed by atoms with Crippen LogP contribution in [-0.4, -0.2) is 8.80 Å². The zero-order valence-corrected chi connectivity index (χ0v) is 11.7. The van der Waals surface area contributed by atoms with Crippen LogP contribution >= 0.6 is 0 Å². The van der Waals surface area contributed by atoms with E-state index in [4.69, 9.17) is 0 Å². The van der Waals surface area contributed by atoms with Crippen molar-refractivity contribution in [2.75, 3.05) is 0 Å². The van der Waals surface area contributed by atoms with E-state index in [0.29, 0.717) is 0 Å². The van der Waals surface area contributed by atoms with Crippen LogP contribution < -0.4 is 0 Å². The molecule has 0 aromatic carbocycles. The molecule has 1 unspecified atom stereocenters. The molecule has 0 saturated heterocycles. The number of allylic oxidation sites excluding steroid dienone is 4. The van der Waals surface area contributed by atoms with Crippen molar-refractivity contribution >= 4 is 8.80 Å². The maximum Gasteiger partial charge on any atom is 0.0465 e. The topological polar surface area (TPSA) is 0 Å². The molecule has 0 radical (unpaired) electrons. The molecule has 0 amide bonds. The van der Waals surface area contributed by atoms with Crippen molar-refractivity contribution in [1.29, 1.82) is 0 Å². The minimum atomic E-state index is -0.563. The van der Waals surface area contributed by atoms with Crippen LogP contribution in [-0.2, 0) is 0 Å². The smallest absolute Gasteiger partial charge is 0.0465 e. The predicted octanol–water partition coefficient (Wildman–Crippen LogP) is 4.31. The van der Waals surface area contributed by atoms with Gasteiger partial charge in [0.25, 0.3) is 0 Å². The first kappa shape index (κ1) is 11.8. The minimum absolute atomic E-state index is 0.563. The van der Waals surface area contributed by atoms with Crippen LogP contribution in [0.4, 0.5) is 0 Å². The maximum absolute atomic E-state index is 2.53. The Bertz CT molecular complexity index is 260. The SMILES string of the molecule is CCC[SiH](C)C1C(C)=C(C)C(C)=C1C. The molecule has 1 heteroatoms. The van der Waals surface area contributed by atoms with E-state index in [1.165, 1.54) is 12.5 Å². The molecule has 0 saturated carbocycles. The third kappa shape index (κ3) is 1.88. The Kier molecular flexibility index (Phi) is 3.76. The molecule has 1 rings (SSSR count). The van der Waals surface area contributed by atoms with Gasteiger partial charge in [-0.15, -0.1) is 0 Å². The fourth-order valence-electron chi connectivity index (χ4n) is 2.86. The summed E-state index contributed by atoms with van der Waals surface area (Å²) in [6.07, 6.45) is 1.36. The zero-order valence-electron chi connectivity index (χ0n) is 10.6. The molecule has 0 fully saturated rings. The van der Waals surface area contributed by atoms with E-state index in [9.17, 15) is 0 Å². The molecule has 0 aromatic heterocycles. The Morgan fingerprint density at radius 1 is 1.00 bits per heavy atom.